The van der Waals surface area contributed by atoms with E-state index in [9.17, 15) is 0 Å². The Labute approximate surface area is 126 Å². The molecule has 3 unspecified atom stereocenters. The van der Waals surface area contributed by atoms with Gasteiger partial charge in [-0.15, -0.1) is 0 Å². The number of nitrogens with one attached hydrogen (secondary N) is 1. The van der Waals surface area contributed by atoms with E-state index in [2.05, 4.69) is 12.2 Å². The van der Waals surface area contributed by atoms with Crippen LogP contribution in [0.3, 0.4) is 0 Å². The fourth-order valence-corrected chi connectivity index (χ4v) is 2.60. The number of rotatable bonds is 8. The van der Waals surface area contributed by atoms with Crippen LogP contribution >= 0.6 is 11.6 Å². The highest BCUT2D eigenvalue weighted by molar-refractivity contribution is 6.30. The van der Waals surface area contributed by atoms with Crippen LogP contribution in [-0.2, 0) is 16.1 Å². The lowest BCUT2D eigenvalue weighted by Gasteiger charge is -2.44. The lowest BCUT2D eigenvalue weighted by atomic mass is 9.85. The fraction of sp³-hybridized carbons (Fsp3) is 0.625. The molecular formula is C16H24ClNO2. The average Bonchev–Trinajstić information content (AvgIpc) is 2.45. The Morgan fingerprint density at radius 2 is 1.95 bits per heavy atom. The summed E-state index contributed by atoms with van der Waals surface area (Å²) in [6.07, 6.45) is 2.54. The van der Waals surface area contributed by atoms with E-state index in [4.69, 9.17) is 21.1 Å². The summed E-state index contributed by atoms with van der Waals surface area (Å²) in [5, 5.41) is 4.27. The lowest BCUT2D eigenvalue weighted by Crippen LogP contribution is -2.60. The Bertz CT molecular complexity index is 396. The molecule has 3 nitrogen and oxygen atoms in total. The Balaban J connectivity index is 1.79. The molecule has 0 bridgehead atoms. The maximum Gasteiger partial charge on any atom is 0.0990 e. The lowest BCUT2D eigenvalue weighted by molar-refractivity contribution is -0.149. The molecule has 20 heavy (non-hydrogen) atoms. The molecule has 1 aliphatic carbocycles. The van der Waals surface area contributed by atoms with Crippen molar-refractivity contribution in [3.05, 3.63) is 34.9 Å². The highest BCUT2D eigenvalue weighted by atomic mass is 35.5. The van der Waals surface area contributed by atoms with Crippen LogP contribution in [0.25, 0.3) is 0 Å². The summed E-state index contributed by atoms with van der Waals surface area (Å²) in [6, 6.07) is 8.23. The van der Waals surface area contributed by atoms with Crippen LogP contribution in [0.15, 0.2) is 24.3 Å². The molecule has 3 atom stereocenters. The molecule has 0 amide bonds. The van der Waals surface area contributed by atoms with E-state index in [-0.39, 0.29) is 12.2 Å². The quantitative estimate of drug-likeness (QED) is 0.798. The van der Waals surface area contributed by atoms with Crippen LogP contribution in [-0.4, -0.2) is 31.4 Å². The van der Waals surface area contributed by atoms with Crippen LogP contribution in [0.1, 0.15) is 32.3 Å². The Morgan fingerprint density at radius 3 is 2.60 bits per heavy atom. The molecule has 4 heteroatoms. The monoisotopic (exact) mass is 297 g/mol. The van der Waals surface area contributed by atoms with Crippen molar-refractivity contribution < 1.29 is 9.47 Å². The largest absolute Gasteiger partial charge is 0.374 e. The second-order valence-corrected chi connectivity index (χ2v) is 5.63. The van der Waals surface area contributed by atoms with Crippen LogP contribution in [0.2, 0.25) is 5.02 Å². The molecule has 1 aromatic rings. The third kappa shape index (κ3) is 4.19. The smallest absolute Gasteiger partial charge is 0.0990 e. The zero-order valence-electron chi connectivity index (χ0n) is 12.3. The molecule has 1 saturated carbocycles. The van der Waals surface area contributed by atoms with E-state index in [1.165, 1.54) is 0 Å². The summed E-state index contributed by atoms with van der Waals surface area (Å²) < 4.78 is 11.8. The van der Waals surface area contributed by atoms with Crippen molar-refractivity contribution in [1.82, 2.24) is 5.32 Å². The zero-order chi connectivity index (χ0) is 14.4. The standard InChI is InChI=1S/C16H24ClNO2/c1-3-9-18-14-10-15(16(14)19-4-2)20-11-12-5-7-13(17)8-6-12/h5-8,14-16,18H,3-4,9-11H2,1-2H3. The number of hydrogen-bond donors (Lipinski definition) is 1. The minimum absolute atomic E-state index is 0.179. The van der Waals surface area contributed by atoms with Crippen LogP contribution in [0.5, 0.6) is 0 Å². The normalized spacial score (nSPS) is 25.4. The second kappa shape index (κ2) is 7.99. The number of ether oxygens (including phenoxy) is 2. The van der Waals surface area contributed by atoms with Gasteiger partial charge in [0.2, 0.25) is 0 Å². The van der Waals surface area contributed by atoms with E-state index in [1.807, 2.05) is 31.2 Å². The van der Waals surface area contributed by atoms with Crippen molar-refractivity contribution in [1.29, 1.82) is 0 Å². The van der Waals surface area contributed by atoms with Gasteiger partial charge in [-0.2, -0.15) is 0 Å². The fourth-order valence-electron chi connectivity index (χ4n) is 2.47. The molecule has 1 fully saturated rings. The predicted octanol–water partition coefficient (Wildman–Crippen LogP) is 3.40. The summed E-state index contributed by atoms with van der Waals surface area (Å²) >= 11 is 5.88. The number of halogens is 1. The first-order valence-corrected chi connectivity index (χ1v) is 7.83. The first-order chi connectivity index (χ1) is 9.74. The summed E-state index contributed by atoms with van der Waals surface area (Å²) in [5.74, 6) is 0. The van der Waals surface area contributed by atoms with E-state index < -0.39 is 0 Å². The van der Waals surface area contributed by atoms with Gasteiger partial charge in [-0.25, -0.2) is 0 Å². The molecule has 0 heterocycles. The average molecular weight is 298 g/mol. The molecule has 0 saturated heterocycles. The van der Waals surface area contributed by atoms with Gasteiger partial charge < -0.3 is 14.8 Å². The van der Waals surface area contributed by atoms with Gasteiger partial charge >= 0.3 is 0 Å². The van der Waals surface area contributed by atoms with Crippen molar-refractivity contribution in [2.24, 2.45) is 0 Å². The van der Waals surface area contributed by atoms with Crippen molar-refractivity contribution in [3.63, 3.8) is 0 Å². The molecule has 0 spiro atoms. The minimum atomic E-state index is 0.179. The van der Waals surface area contributed by atoms with Crippen LogP contribution in [0, 0.1) is 0 Å². The predicted molar refractivity (Wildman–Crippen MR) is 82.1 cm³/mol. The Hall–Kier alpha value is -0.610. The van der Waals surface area contributed by atoms with E-state index in [0.717, 1.165) is 36.6 Å². The van der Waals surface area contributed by atoms with Gasteiger partial charge in [0.15, 0.2) is 0 Å². The summed E-state index contributed by atoms with van der Waals surface area (Å²) in [6.45, 7) is 6.60. The topological polar surface area (TPSA) is 30.5 Å². The van der Waals surface area contributed by atoms with Gasteiger partial charge in [-0.05, 0) is 44.0 Å². The molecule has 1 aliphatic rings. The van der Waals surface area contributed by atoms with Gasteiger partial charge in [-0.3, -0.25) is 0 Å². The van der Waals surface area contributed by atoms with E-state index in [0.29, 0.717) is 12.6 Å². The summed E-state index contributed by atoms with van der Waals surface area (Å²) in [5.41, 5.74) is 1.15. The Morgan fingerprint density at radius 1 is 1.20 bits per heavy atom. The van der Waals surface area contributed by atoms with E-state index in [1.54, 1.807) is 0 Å². The number of benzene rings is 1. The first kappa shape index (κ1) is 15.8. The van der Waals surface area contributed by atoms with E-state index >= 15 is 0 Å². The molecule has 112 valence electrons. The van der Waals surface area contributed by atoms with Gasteiger partial charge in [0.25, 0.3) is 0 Å². The van der Waals surface area contributed by atoms with Crippen molar-refractivity contribution >= 4 is 11.6 Å². The van der Waals surface area contributed by atoms with Crippen molar-refractivity contribution in [3.8, 4) is 0 Å². The second-order valence-electron chi connectivity index (χ2n) is 5.19. The third-order valence-electron chi connectivity index (χ3n) is 3.64. The summed E-state index contributed by atoms with van der Waals surface area (Å²) in [4.78, 5) is 0. The third-order valence-corrected chi connectivity index (χ3v) is 3.89. The van der Waals surface area contributed by atoms with Crippen molar-refractivity contribution in [2.45, 2.75) is 51.5 Å². The van der Waals surface area contributed by atoms with Crippen molar-refractivity contribution in [2.75, 3.05) is 13.2 Å². The molecule has 0 radical (unpaired) electrons. The maximum absolute atomic E-state index is 5.97. The minimum Gasteiger partial charge on any atom is -0.374 e. The number of hydrogen-bond acceptors (Lipinski definition) is 3. The highest BCUT2D eigenvalue weighted by Gasteiger charge is 2.42. The molecule has 1 aromatic carbocycles. The Kier molecular flexibility index (Phi) is 6.30. The SMILES string of the molecule is CCCNC1CC(OCc2ccc(Cl)cc2)C1OCC. The van der Waals surface area contributed by atoms with Crippen LogP contribution < -0.4 is 5.32 Å². The van der Waals surface area contributed by atoms with Gasteiger partial charge in [0.05, 0.1) is 18.8 Å². The van der Waals surface area contributed by atoms with Crippen LogP contribution in [0.4, 0.5) is 0 Å². The molecule has 1 N–H and O–H groups in total. The van der Waals surface area contributed by atoms with Gasteiger partial charge in [0, 0.05) is 17.7 Å². The molecular weight excluding hydrogens is 274 g/mol. The molecule has 2 rings (SSSR count). The van der Waals surface area contributed by atoms with Gasteiger partial charge in [-0.1, -0.05) is 30.7 Å². The first-order valence-electron chi connectivity index (χ1n) is 7.45. The summed E-state index contributed by atoms with van der Waals surface area (Å²) in [7, 11) is 0. The molecule has 0 aliphatic heterocycles. The zero-order valence-corrected chi connectivity index (χ0v) is 13.0. The van der Waals surface area contributed by atoms with Gasteiger partial charge in [0.1, 0.15) is 0 Å². The highest BCUT2D eigenvalue weighted by Crippen LogP contribution is 2.28. The molecule has 0 aromatic heterocycles. The maximum atomic E-state index is 5.97.